The maximum atomic E-state index is 14.1. The van der Waals surface area contributed by atoms with Gasteiger partial charge >= 0.3 is 0 Å². The Labute approximate surface area is 229 Å². The maximum Gasteiger partial charge on any atom is 0.194 e. The van der Waals surface area contributed by atoms with E-state index < -0.39 is 28.5 Å². The molecule has 2 heterocycles. The number of aromatic amines is 1. The van der Waals surface area contributed by atoms with Crippen LogP contribution in [0, 0.1) is 6.92 Å². The Morgan fingerprint density at radius 1 is 1.21 bits per heavy atom. The van der Waals surface area contributed by atoms with Gasteiger partial charge in [0.25, 0.3) is 0 Å². The zero-order chi connectivity index (χ0) is 28.0. The number of hydrogen-bond donors (Lipinski definition) is 4. The smallest absolute Gasteiger partial charge is 0.194 e. The molecule has 0 bridgehead atoms. The molecule has 2 aromatic carbocycles. The lowest BCUT2D eigenvalue weighted by molar-refractivity contribution is -0.123. The summed E-state index contributed by atoms with van der Waals surface area (Å²) < 4.78 is 5.85. The highest BCUT2D eigenvalue weighted by atomic mass is 35.5. The van der Waals surface area contributed by atoms with E-state index in [4.69, 9.17) is 16.3 Å². The van der Waals surface area contributed by atoms with E-state index in [1.165, 1.54) is 25.5 Å². The van der Waals surface area contributed by atoms with Crippen LogP contribution in [0.1, 0.15) is 72.4 Å². The molecule has 0 fully saturated rings. The van der Waals surface area contributed by atoms with Gasteiger partial charge < -0.3 is 25.3 Å². The van der Waals surface area contributed by atoms with Crippen LogP contribution in [0.4, 0.5) is 0 Å². The Balaban J connectivity index is 1.45. The number of fused-ring (bicyclic) bond motifs is 6. The number of carbonyl (C=O) groups excluding carboxylic acids is 3. The number of ether oxygens (including phenoxy) is 1. The number of aromatic hydroxyl groups is 2. The monoisotopic (exact) mass is 546 g/mol. The number of benzene rings is 2. The van der Waals surface area contributed by atoms with Gasteiger partial charge in [-0.3, -0.25) is 14.4 Å². The molecular formula is C30H27ClN2O6. The lowest BCUT2D eigenvalue weighted by Gasteiger charge is -2.30. The van der Waals surface area contributed by atoms with Gasteiger partial charge in [0.05, 0.1) is 17.2 Å². The lowest BCUT2D eigenvalue weighted by atomic mass is 9.70. The van der Waals surface area contributed by atoms with E-state index in [1.807, 2.05) is 18.2 Å². The number of aryl methyl sites for hydroxylation is 1. The van der Waals surface area contributed by atoms with Gasteiger partial charge in [0.15, 0.2) is 17.3 Å². The molecule has 9 heteroatoms. The number of aromatic nitrogens is 1. The van der Waals surface area contributed by atoms with Crippen LogP contribution in [0.15, 0.2) is 41.3 Å². The standard InChI is InChI=1S/C30H27ClN2O6/c1-12-26(36)23(14(3)34)28-24(27(12)37)30(4)21(39-28)11-20(35)22(29(30)38)13(2)32-19-7-5-6-16-17-10-15(31)8-9-18(17)33-25(16)19/h8-11,19,32-33,36-37H,5-7H2,1-4H3/b22-13+/t19?,30-/m0/s1. The Morgan fingerprint density at radius 2 is 1.95 bits per heavy atom. The number of halogens is 1. The van der Waals surface area contributed by atoms with Crippen molar-refractivity contribution in [2.45, 2.75) is 58.4 Å². The van der Waals surface area contributed by atoms with Gasteiger partial charge in [-0.1, -0.05) is 11.6 Å². The fraction of sp³-hybridized carbons (Fsp3) is 0.300. The number of phenolic OH excluding ortho intramolecular Hbond substituents is 2. The Hall–Kier alpha value is -4.04. The molecule has 4 N–H and O–H groups in total. The Bertz CT molecular complexity index is 1730. The normalized spacial score (nSPS) is 23.1. The van der Waals surface area contributed by atoms with Gasteiger partial charge in [-0.25, -0.2) is 0 Å². The fourth-order valence-electron chi connectivity index (χ4n) is 6.28. The van der Waals surface area contributed by atoms with E-state index in [2.05, 4.69) is 10.3 Å². The highest BCUT2D eigenvalue weighted by Crippen LogP contribution is 2.57. The van der Waals surface area contributed by atoms with Crippen LogP contribution in [-0.2, 0) is 21.4 Å². The molecule has 3 aliphatic rings. The van der Waals surface area contributed by atoms with E-state index in [0.717, 1.165) is 35.9 Å². The molecule has 3 aromatic rings. The molecule has 1 unspecified atom stereocenters. The van der Waals surface area contributed by atoms with E-state index in [0.29, 0.717) is 10.7 Å². The number of rotatable bonds is 3. The van der Waals surface area contributed by atoms with Crippen molar-refractivity contribution in [3.63, 3.8) is 0 Å². The molecule has 0 amide bonds. The number of allylic oxidation sites excluding steroid dienone is 4. The summed E-state index contributed by atoms with van der Waals surface area (Å²) in [5.41, 5.74) is 1.96. The predicted octanol–water partition coefficient (Wildman–Crippen LogP) is 5.37. The number of ketones is 3. The number of hydrogen-bond acceptors (Lipinski definition) is 7. The van der Waals surface area contributed by atoms with Crippen molar-refractivity contribution in [2.75, 3.05) is 0 Å². The maximum absolute atomic E-state index is 14.1. The average Bonchev–Trinajstić information content (AvgIpc) is 3.39. The second kappa shape index (κ2) is 8.48. The summed E-state index contributed by atoms with van der Waals surface area (Å²) >= 11 is 6.24. The third-order valence-corrected chi connectivity index (χ3v) is 8.55. The van der Waals surface area contributed by atoms with Crippen LogP contribution in [-0.4, -0.2) is 32.5 Å². The second-order valence-corrected chi connectivity index (χ2v) is 11.1. The van der Waals surface area contributed by atoms with Crippen LogP contribution in [0.3, 0.4) is 0 Å². The fourth-order valence-corrected chi connectivity index (χ4v) is 6.45. The lowest BCUT2D eigenvalue weighted by Crippen LogP contribution is -2.41. The Kier molecular flexibility index (Phi) is 5.49. The van der Waals surface area contributed by atoms with Gasteiger partial charge in [0.2, 0.25) is 0 Å². The minimum Gasteiger partial charge on any atom is -0.507 e. The van der Waals surface area contributed by atoms with E-state index in [1.54, 1.807) is 13.8 Å². The van der Waals surface area contributed by atoms with Gasteiger partial charge in [-0.05, 0) is 70.7 Å². The first-order valence-electron chi connectivity index (χ1n) is 12.8. The molecule has 0 saturated carbocycles. The molecule has 1 aliphatic heterocycles. The van der Waals surface area contributed by atoms with Crippen LogP contribution in [0.5, 0.6) is 17.2 Å². The number of H-pyrrole nitrogens is 1. The first-order chi connectivity index (χ1) is 18.4. The molecule has 0 spiro atoms. The van der Waals surface area contributed by atoms with Crippen molar-refractivity contribution in [1.82, 2.24) is 10.3 Å². The zero-order valence-electron chi connectivity index (χ0n) is 21.9. The van der Waals surface area contributed by atoms with Crippen molar-refractivity contribution in [1.29, 1.82) is 0 Å². The van der Waals surface area contributed by atoms with Crippen LogP contribution in [0.2, 0.25) is 5.02 Å². The molecule has 1 aromatic heterocycles. The van der Waals surface area contributed by atoms with Gasteiger partial charge in [0, 0.05) is 39.0 Å². The van der Waals surface area contributed by atoms with Gasteiger partial charge in [-0.15, -0.1) is 0 Å². The molecule has 39 heavy (non-hydrogen) atoms. The molecule has 0 saturated heterocycles. The SMILES string of the molecule is CC(=O)c1c(O)c(C)c(O)c2c1OC1=CC(=O)/C(=C(/C)NC3CCCc4c3[nH]c3ccc(Cl)cc43)C(=O)[C@@]12C. The first kappa shape index (κ1) is 25.2. The van der Waals surface area contributed by atoms with Gasteiger partial charge in [0.1, 0.15) is 34.0 Å². The number of carbonyl (C=O) groups is 3. The van der Waals surface area contributed by atoms with Crippen molar-refractivity contribution >= 4 is 39.9 Å². The minimum atomic E-state index is -1.55. The molecular weight excluding hydrogens is 520 g/mol. The van der Waals surface area contributed by atoms with Crippen molar-refractivity contribution < 1.29 is 29.3 Å². The third kappa shape index (κ3) is 3.40. The van der Waals surface area contributed by atoms with Crippen LogP contribution < -0.4 is 10.1 Å². The van der Waals surface area contributed by atoms with Crippen molar-refractivity contribution in [3.05, 3.63) is 74.3 Å². The number of nitrogens with one attached hydrogen (secondary N) is 2. The zero-order valence-corrected chi connectivity index (χ0v) is 22.7. The number of Topliss-reactive ketones (excluding diaryl/α,β-unsaturated/α-hetero) is 2. The topological polar surface area (TPSA) is 129 Å². The average molecular weight is 547 g/mol. The van der Waals surface area contributed by atoms with Crippen LogP contribution in [0.25, 0.3) is 10.9 Å². The van der Waals surface area contributed by atoms with E-state index in [9.17, 15) is 24.6 Å². The molecule has 200 valence electrons. The quantitative estimate of drug-likeness (QED) is 0.197. The second-order valence-electron chi connectivity index (χ2n) is 10.7. The van der Waals surface area contributed by atoms with E-state index in [-0.39, 0.29) is 45.6 Å². The summed E-state index contributed by atoms with van der Waals surface area (Å²) in [6.07, 6.45) is 3.84. The third-order valence-electron chi connectivity index (χ3n) is 8.32. The summed E-state index contributed by atoms with van der Waals surface area (Å²) in [4.78, 5) is 43.3. The van der Waals surface area contributed by atoms with Crippen LogP contribution >= 0.6 is 11.6 Å². The number of phenols is 2. The molecule has 0 radical (unpaired) electrons. The summed E-state index contributed by atoms with van der Waals surface area (Å²) in [5.74, 6) is -2.42. The van der Waals surface area contributed by atoms with Crippen molar-refractivity contribution in [3.8, 4) is 17.2 Å². The molecule has 6 rings (SSSR count). The highest BCUT2D eigenvalue weighted by molar-refractivity contribution is 6.32. The molecule has 2 atom stereocenters. The summed E-state index contributed by atoms with van der Waals surface area (Å²) in [7, 11) is 0. The largest absolute Gasteiger partial charge is 0.507 e. The molecule has 8 nitrogen and oxygen atoms in total. The highest BCUT2D eigenvalue weighted by Gasteiger charge is 2.56. The van der Waals surface area contributed by atoms with Crippen molar-refractivity contribution in [2.24, 2.45) is 0 Å². The summed E-state index contributed by atoms with van der Waals surface area (Å²) in [6.45, 7) is 5.98. The van der Waals surface area contributed by atoms with Gasteiger partial charge in [-0.2, -0.15) is 0 Å². The predicted molar refractivity (Wildman–Crippen MR) is 145 cm³/mol. The van der Waals surface area contributed by atoms with E-state index >= 15 is 0 Å². The summed E-state index contributed by atoms with van der Waals surface area (Å²) in [5, 5.41) is 26.7. The summed E-state index contributed by atoms with van der Waals surface area (Å²) in [6, 6.07) is 5.57. The first-order valence-corrected chi connectivity index (χ1v) is 13.2. The minimum absolute atomic E-state index is 0.0132. The Morgan fingerprint density at radius 3 is 2.67 bits per heavy atom. The molecule has 2 aliphatic carbocycles.